The molecule has 29 heavy (non-hydrogen) atoms. The van der Waals surface area contributed by atoms with E-state index in [9.17, 15) is 49.4 Å². The number of hydrogen-bond donors (Lipinski definition) is 1. The normalized spacial score (nSPS) is 32.9. The maximum Gasteiger partial charge on any atom is 0.426 e. The lowest BCUT2D eigenvalue weighted by Crippen LogP contribution is -2.59. The average molecular weight is 444 g/mol. The van der Waals surface area contributed by atoms with Gasteiger partial charge in [-0.1, -0.05) is 0 Å². The first-order chi connectivity index (χ1) is 12.7. The highest BCUT2D eigenvalue weighted by atomic mass is 19.4. The number of esters is 1. The molecule has 12 heteroatoms. The number of hydrogen-bond acceptors (Lipinski definition) is 3. The van der Waals surface area contributed by atoms with Crippen molar-refractivity contribution in [3.63, 3.8) is 0 Å². The predicted octanol–water partition coefficient (Wildman–Crippen LogP) is 4.96. The summed E-state index contributed by atoms with van der Waals surface area (Å²) in [6, 6.07) is 0. The van der Waals surface area contributed by atoms with Crippen LogP contribution in [-0.2, 0) is 9.53 Å². The minimum Gasteiger partial charge on any atom is -0.457 e. The first-order valence-corrected chi connectivity index (χ1v) is 8.82. The summed E-state index contributed by atoms with van der Waals surface area (Å²) in [6.45, 7) is 1.61. The number of alkyl halides is 9. The molecular weight excluding hydrogens is 423 g/mol. The summed E-state index contributed by atoms with van der Waals surface area (Å²) in [6.07, 6.45) is -13.7. The molecule has 0 radical (unpaired) electrons. The zero-order valence-electron chi connectivity index (χ0n) is 15.7. The molecule has 2 bridgehead atoms. The molecule has 0 aromatic carbocycles. The summed E-state index contributed by atoms with van der Waals surface area (Å²) in [5, 5.41) is 9.44. The fourth-order valence-electron chi connectivity index (χ4n) is 4.48. The Balaban J connectivity index is 2.26. The number of aliphatic hydroxyl groups is 1. The van der Waals surface area contributed by atoms with Crippen molar-refractivity contribution in [2.75, 3.05) is 0 Å². The average Bonchev–Trinajstić information content (AvgIpc) is 2.99. The van der Waals surface area contributed by atoms with Crippen molar-refractivity contribution in [2.24, 2.45) is 17.8 Å². The van der Waals surface area contributed by atoms with Crippen molar-refractivity contribution in [3.8, 4) is 0 Å². The third kappa shape index (κ3) is 3.93. The smallest absolute Gasteiger partial charge is 0.426 e. The van der Waals surface area contributed by atoms with Gasteiger partial charge in [0.25, 0.3) is 17.2 Å². The van der Waals surface area contributed by atoms with Crippen LogP contribution in [-0.4, -0.2) is 46.2 Å². The Hall–Kier alpha value is -1.20. The van der Waals surface area contributed by atoms with E-state index < -0.39 is 65.3 Å². The van der Waals surface area contributed by atoms with Crippen molar-refractivity contribution >= 4 is 5.97 Å². The third-order valence-corrected chi connectivity index (χ3v) is 6.30. The van der Waals surface area contributed by atoms with Gasteiger partial charge in [-0.05, 0) is 51.4 Å². The number of rotatable bonds is 5. The van der Waals surface area contributed by atoms with Gasteiger partial charge in [-0.25, -0.2) is 18.0 Å². The lowest BCUT2D eigenvalue weighted by Gasteiger charge is -2.43. The minimum atomic E-state index is -6.00. The van der Waals surface area contributed by atoms with Crippen molar-refractivity contribution < 1.29 is 54.2 Å². The largest absolute Gasteiger partial charge is 0.457 e. The highest BCUT2D eigenvalue weighted by Gasteiger charge is 2.72. The molecule has 0 heterocycles. The van der Waals surface area contributed by atoms with E-state index in [1.807, 2.05) is 0 Å². The van der Waals surface area contributed by atoms with E-state index in [1.54, 1.807) is 0 Å². The van der Waals surface area contributed by atoms with Gasteiger partial charge in [-0.3, -0.25) is 0 Å². The third-order valence-electron chi connectivity index (χ3n) is 6.30. The second-order valence-electron chi connectivity index (χ2n) is 8.56. The molecule has 3 nitrogen and oxygen atoms in total. The maximum atomic E-state index is 14.2. The van der Waals surface area contributed by atoms with Crippen molar-refractivity contribution in [1.29, 1.82) is 0 Å². The molecule has 2 aliphatic rings. The fraction of sp³-hybridized carbons (Fsp3) is 0.941. The second-order valence-corrected chi connectivity index (χ2v) is 8.56. The van der Waals surface area contributed by atoms with Crippen LogP contribution < -0.4 is 0 Å². The van der Waals surface area contributed by atoms with Gasteiger partial charge in [-0.15, -0.1) is 0 Å². The van der Waals surface area contributed by atoms with Crippen LogP contribution in [0.15, 0.2) is 0 Å². The Morgan fingerprint density at radius 2 is 1.48 bits per heavy atom. The summed E-state index contributed by atoms with van der Waals surface area (Å²) < 4.78 is 124. The van der Waals surface area contributed by atoms with Crippen LogP contribution in [0.5, 0.6) is 0 Å². The Morgan fingerprint density at radius 3 is 1.86 bits per heavy atom. The lowest BCUT2D eigenvalue weighted by atomic mass is 9.73. The van der Waals surface area contributed by atoms with E-state index in [2.05, 4.69) is 0 Å². The van der Waals surface area contributed by atoms with Gasteiger partial charge in [0.2, 0.25) is 0 Å². The van der Waals surface area contributed by atoms with Gasteiger partial charge in [0.15, 0.2) is 0 Å². The van der Waals surface area contributed by atoms with Crippen LogP contribution in [0, 0.1) is 17.8 Å². The van der Waals surface area contributed by atoms with Crippen LogP contribution in [0.2, 0.25) is 0 Å². The SMILES string of the molecule is CC1(OC(=O)C(C)(F)C(C)(F)F)CC2CC(CC(O)(C(F)(F)F)C(F)(F)F)C1C2. The molecule has 0 spiro atoms. The van der Waals surface area contributed by atoms with Gasteiger partial charge < -0.3 is 9.84 Å². The van der Waals surface area contributed by atoms with Gasteiger partial charge in [0, 0.05) is 12.8 Å². The van der Waals surface area contributed by atoms with Gasteiger partial charge in [0.05, 0.1) is 0 Å². The van der Waals surface area contributed by atoms with E-state index in [-0.39, 0.29) is 33.1 Å². The molecule has 2 saturated carbocycles. The molecule has 0 amide bonds. The minimum absolute atomic E-state index is 0.0122. The number of halogens is 9. The summed E-state index contributed by atoms with van der Waals surface area (Å²) in [4.78, 5) is 12.0. The predicted molar refractivity (Wildman–Crippen MR) is 80.6 cm³/mol. The van der Waals surface area contributed by atoms with Crippen molar-refractivity contribution in [3.05, 3.63) is 0 Å². The topological polar surface area (TPSA) is 46.5 Å². The quantitative estimate of drug-likeness (QED) is 0.482. The Kier molecular flexibility index (Phi) is 5.52. The summed E-state index contributed by atoms with van der Waals surface area (Å²) in [5.74, 6) is -8.94. The Morgan fingerprint density at radius 1 is 1.00 bits per heavy atom. The highest BCUT2D eigenvalue weighted by Crippen LogP contribution is 2.60. The number of fused-ring (bicyclic) bond motifs is 2. The van der Waals surface area contributed by atoms with Crippen LogP contribution in [0.25, 0.3) is 0 Å². The lowest BCUT2D eigenvalue weighted by molar-refractivity contribution is -0.374. The molecule has 2 fully saturated rings. The highest BCUT2D eigenvalue weighted by molar-refractivity contribution is 5.80. The molecular formula is C17H21F9O3. The molecule has 5 unspecified atom stereocenters. The van der Waals surface area contributed by atoms with Crippen LogP contribution in [0.1, 0.15) is 46.5 Å². The molecule has 0 saturated heterocycles. The molecule has 0 aliphatic heterocycles. The van der Waals surface area contributed by atoms with Gasteiger partial charge >= 0.3 is 18.3 Å². The Labute approximate surface area is 160 Å². The molecule has 170 valence electrons. The fourth-order valence-corrected chi connectivity index (χ4v) is 4.48. The summed E-state index contributed by atoms with van der Waals surface area (Å²) in [5.41, 5.74) is -10.4. The summed E-state index contributed by atoms with van der Waals surface area (Å²) in [7, 11) is 0. The second kappa shape index (κ2) is 6.65. The standard InChI is InChI=1S/C17H21F9O3/c1-12(29-11(27)13(2,18)14(3,19)20)6-8-4-9(10(12)5-8)7-15(28,16(21,22)23)17(24,25)26/h8-10,28H,4-7H2,1-3H3. The zero-order valence-corrected chi connectivity index (χ0v) is 15.7. The maximum absolute atomic E-state index is 14.2. The van der Waals surface area contributed by atoms with Gasteiger partial charge in [0.1, 0.15) is 5.60 Å². The van der Waals surface area contributed by atoms with Crippen LogP contribution in [0.3, 0.4) is 0 Å². The molecule has 2 rings (SSSR count). The Bertz CT molecular complexity index is 636. The van der Waals surface area contributed by atoms with Gasteiger partial charge in [-0.2, -0.15) is 26.3 Å². The molecule has 2 aliphatic carbocycles. The molecule has 5 atom stereocenters. The zero-order chi connectivity index (χ0) is 22.8. The van der Waals surface area contributed by atoms with Crippen molar-refractivity contribution in [1.82, 2.24) is 0 Å². The van der Waals surface area contributed by atoms with Crippen molar-refractivity contribution in [2.45, 2.75) is 81.6 Å². The van der Waals surface area contributed by atoms with Crippen LogP contribution in [0.4, 0.5) is 39.5 Å². The molecule has 0 aromatic heterocycles. The van der Waals surface area contributed by atoms with E-state index in [1.165, 1.54) is 6.92 Å². The molecule has 0 aromatic rings. The van der Waals surface area contributed by atoms with E-state index in [0.717, 1.165) is 0 Å². The first-order valence-electron chi connectivity index (χ1n) is 8.82. The first kappa shape index (κ1) is 24.1. The number of carbonyl (C=O) groups excluding carboxylic acids is 1. The summed E-state index contributed by atoms with van der Waals surface area (Å²) >= 11 is 0. The van der Waals surface area contributed by atoms with E-state index in [4.69, 9.17) is 4.74 Å². The van der Waals surface area contributed by atoms with E-state index in [0.29, 0.717) is 0 Å². The number of carbonyl (C=O) groups is 1. The van der Waals surface area contributed by atoms with Crippen LogP contribution >= 0.6 is 0 Å². The monoisotopic (exact) mass is 444 g/mol. The molecule has 1 N–H and O–H groups in total. The van der Waals surface area contributed by atoms with E-state index >= 15 is 0 Å². The number of ether oxygens (including phenoxy) is 1.